The number of nitrogens with one attached hydrogen (secondary N) is 1. The molecule has 3 aromatic rings. The molecule has 0 fully saturated rings. The zero-order chi connectivity index (χ0) is 20.7. The number of hydrogen-bond donors (Lipinski definition) is 1. The van der Waals surface area contributed by atoms with Crippen LogP contribution < -0.4 is 5.32 Å². The number of anilines is 1. The van der Waals surface area contributed by atoms with Gasteiger partial charge in [-0.3, -0.25) is 4.79 Å². The zero-order valence-electron chi connectivity index (χ0n) is 14.0. The highest BCUT2D eigenvalue weighted by Gasteiger charge is 2.04. The monoisotopic (exact) mass is 474 g/mol. The molecule has 0 radical (unpaired) electrons. The molecular formula is C19H12BrClF4N2O. The van der Waals surface area contributed by atoms with Gasteiger partial charge in [0, 0.05) is 12.1 Å². The Morgan fingerprint density at radius 3 is 2.14 bits per heavy atom. The molecule has 3 rings (SSSR count). The van der Waals surface area contributed by atoms with E-state index in [-0.39, 0.29) is 5.56 Å². The summed E-state index contributed by atoms with van der Waals surface area (Å²) >= 11 is 9.01. The van der Waals surface area contributed by atoms with Crippen LogP contribution in [0.3, 0.4) is 0 Å². The van der Waals surface area contributed by atoms with Crippen LogP contribution in [0, 0.1) is 23.3 Å². The number of pyridine rings is 1. The van der Waals surface area contributed by atoms with E-state index in [0.29, 0.717) is 33.8 Å². The summed E-state index contributed by atoms with van der Waals surface area (Å²) in [7, 11) is 0. The maximum Gasteiger partial charge on any atom is 0.159 e. The van der Waals surface area contributed by atoms with Crippen LogP contribution >= 0.6 is 27.5 Å². The summed E-state index contributed by atoms with van der Waals surface area (Å²) in [6, 6.07) is 10.1. The molecule has 3 nitrogen and oxygen atoms in total. The number of aromatic nitrogens is 1. The Bertz CT molecular complexity index is 937. The molecular weight excluding hydrogens is 464 g/mol. The van der Waals surface area contributed by atoms with E-state index in [4.69, 9.17) is 11.6 Å². The number of nitrogens with zero attached hydrogens (tertiary/aromatic N) is 1. The van der Waals surface area contributed by atoms with Gasteiger partial charge in [0.2, 0.25) is 0 Å². The Hall–Kier alpha value is -2.45. The van der Waals surface area contributed by atoms with Crippen molar-refractivity contribution in [2.75, 3.05) is 5.32 Å². The van der Waals surface area contributed by atoms with Crippen molar-refractivity contribution >= 4 is 39.6 Å². The van der Waals surface area contributed by atoms with E-state index in [9.17, 15) is 22.4 Å². The second-order valence-electron chi connectivity index (χ2n) is 5.36. The summed E-state index contributed by atoms with van der Waals surface area (Å²) in [5, 5.41) is 3.49. The van der Waals surface area contributed by atoms with Crippen molar-refractivity contribution in [3.8, 4) is 0 Å². The lowest BCUT2D eigenvalue weighted by molar-refractivity contribution is 0.112. The smallest absolute Gasteiger partial charge is 0.159 e. The van der Waals surface area contributed by atoms with Gasteiger partial charge in [0.25, 0.3) is 0 Å². The minimum Gasteiger partial charge on any atom is -0.366 e. The molecule has 146 valence electrons. The van der Waals surface area contributed by atoms with E-state index >= 15 is 0 Å². The predicted octanol–water partition coefficient (Wildman–Crippen LogP) is 6.17. The molecule has 0 amide bonds. The summed E-state index contributed by atoms with van der Waals surface area (Å²) in [5.41, 5.74) is 0.765. The van der Waals surface area contributed by atoms with E-state index < -0.39 is 23.3 Å². The Kier molecular flexibility index (Phi) is 7.95. The molecule has 0 atom stereocenters. The SMILES string of the molecule is Fc1ccc(CNc2ccc(Cl)c(Br)n2)cc1F.O=Cc1ccc(F)c(F)c1. The highest BCUT2D eigenvalue weighted by atomic mass is 79.9. The van der Waals surface area contributed by atoms with Gasteiger partial charge in [-0.1, -0.05) is 17.7 Å². The Labute approximate surface area is 171 Å². The second-order valence-corrected chi connectivity index (χ2v) is 6.52. The molecule has 28 heavy (non-hydrogen) atoms. The van der Waals surface area contributed by atoms with Crippen molar-refractivity contribution in [1.82, 2.24) is 4.98 Å². The number of carbonyl (C=O) groups is 1. The van der Waals surface area contributed by atoms with Crippen molar-refractivity contribution in [2.24, 2.45) is 0 Å². The van der Waals surface area contributed by atoms with Gasteiger partial charge in [0.1, 0.15) is 16.7 Å². The fourth-order valence-corrected chi connectivity index (χ4v) is 2.37. The highest BCUT2D eigenvalue weighted by Crippen LogP contribution is 2.22. The molecule has 1 N–H and O–H groups in total. The van der Waals surface area contributed by atoms with Crippen LogP contribution in [0.1, 0.15) is 15.9 Å². The molecule has 0 aliphatic rings. The van der Waals surface area contributed by atoms with E-state index in [1.807, 2.05) is 0 Å². The first kappa shape index (κ1) is 21.8. The molecule has 0 saturated carbocycles. The number of hydrogen-bond acceptors (Lipinski definition) is 3. The highest BCUT2D eigenvalue weighted by molar-refractivity contribution is 9.10. The largest absolute Gasteiger partial charge is 0.366 e. The van der Waals surface area contributed by atoms with Crippen molar-refractivity contribution < 1.29 is 22.4 Å². The van der Waals surface area contributed by atoms with Gasteiger partial charge in [-0.2, -0.15) is 0 Å². The molecule has 0 aliphatic heterocycles. The summed E-state index contributed by atoms with van der Waals surface area (Å²) in [4.78, 5) is 14.1. The number of benzene rings is 2. The lowest BCUT2D eigenvalue weighted by Crippen LogP contribution is -2.02. The molecule has 2 aromatic carbocycles. The quantitative estimate of drug-likeness (QED) is 0.279. The standard InChI is InChI=1S/C12H8BrClF2N2.C7H4F2O/c13-12-8(14)2-4-11(18-12)17-6-7-1-3-9(15)10(16)5-7;8-6-2-1-5(4-10)3-7(6)9/h1-5H,6H2,(H,17,18);1-4H. The van der Waals surface area contributed by atoms with Gasteiger partial charge in [0.15, 0.2) is 23.3 Å². The fraction of sp³-hybridized carbons (Fsp3) is 0.0526. The fourth-order valence-electron chi connectivity index (χ4n) is 1.94. The average Bonchev–Trinajstić information content (AvgIpc) is 2.68. The third kappa shape index (κ3) is 6.31. The van der Waals surface area contributed by atoms with E-state index in [1.165, 1.54) is 12.1 Å². The van der Waals surface area contributed by atoms with Crippen molar-refractivity contribution in [2.45, 2.75) is 6.54 Å². The normalized spacial score (nSPS) is 10.1. The number of halogens is 6. The maximum atomic E-state index is 13.0. The van der Waals surface area contributed by atoms with Crippen LogP contribution in [-0.2, 0) is 6.54 Å². The first-order valence-corrected chi connectivity index (χ1v) is 8.87. The molecule has 0 bridgehead atoms. The number of rotatable bonds is 4. The van der Waals surface area contributed by atoms with Crippen LogP contribution in [0.4, 0.5) is 23.4 Å². The number of aldehydes is 1. The van der Waals surface area contributed by atoms with Crippen LogP contribution in [0.25, 0.3) is 0 Å². The van der Waals surface area contributed by atoms with Crippen LogP contribution in [0.5, 0.6) is 0 Å². The Balaban J connectivity index is 0.000000237. The van der Waals surface area contributed by atoms with Gasteiger partial charge < -0.3 is 5.32 Å². The predicted molar refractivity (Wildman–Crippen MR) is 102 cm³/mol. The first-order chi connectivity index (χ1) is 13.3. The zero-order valence-corrected chi connectivity index (χ0v) is 16.4. The minimum atomic E-state index is -0.996. The molecule has 1 heterocycles. The third-order valence-electron chi connectivity index (χ3n) is 3.34. The van der Waals surface area contributed by atoms with Crippen molar-refractivity contribution in [3.05, 3.63) is 92.6 Å². The molecule has 9 heteroatoms. The van der Waals surface area contributed by atoms with Gasteiger partial charge >= 0.3 is 0 Å². The lowest BCUT2D eigenvalue weighted by atomic mass is 10.2. The van der Waals surface area contributed by atoms with Gasteiger partial charge in [-0.05, 0) is 64.0 Å². The molecule has 1 aromatic heterocycles. The Morgan fingerprint density at radius 2 is 1.57 bits per heavy atom. The van der Waals surface area contributed by atoms with Gasteiger partial charge in [0.05, 0.1) is 5.02 Å². The first-order valence-electron chi connectivity index (χ1n) is 7.70. The molecule has 0 saturated heterocycles. The lowest BCUT2D eigenvalue weighted by Gasteiger charge is -2.07. The van der Waals surface area contributed by atoms with E-state index in [0.717, 1.165) is 24.3 Å². The summed E-state index contributed by atoms with van der Waals surface area (Å²) < 4.78 is 50.6. The second kappa shape index (κ2) is 10.2. The maximum absolute atomic E-state index is 13.0. The topological polar surface area (TPSA) is 42.0 Å². The van der Waals surface area contributed by atoms with Gasteiger partial charge in [-0.15, -0.1) is 0 Å². The van der Waals surface area contributed by atoms with Crippen molar-refractivity contribution in [3.63, 3.8) is 0 Å². The van der Waals surface area contributed by atoms with Crippen LogP contribution in [0.15, 0.2) is 53.1 Å². The van der Waals surface area contributed by atoms with Gasteiger partial charge in [-0.25, -0.2) is 22.5 Å². The summed E-state index contributed by atoms with van der Waals surface area (Å²) in [6.07, 6.45) is 0.461. The molecule has 0 unspecified atom stereocenters. The van der Waals surface area contributed by atoms with Crippen LogP contribution in [0.2, 0.25) is 5.02 Å². The van der Waals surface area contributed by atoms with Crippen molar-refractivity contribution in [1.29, 1.82) is 0 Å². The summed E-state index contributed by atoms with van der Waals surface area (Å²) in [5.74, 6) is -3.06. The minimum absolute atomic E-state index is 0.138. The molecule has 0 aliphatic carbocycles. The molecule has 0 spiro atoms. The van der Waals surface area contributed by atoms with E-state index in [1.54, 1.807) is 12.1 Å². The van der Waals surface area contributed by atoms with Crippen LogP contribution in [-0.4, -0.2) is 11.3 Å². The number of carbonyl (C=O) groups excluding carboxylic acids is 1. The Morgan fingerprint density at radius 1 is 0.929 bits per heavy atom. The van der Waals surface area contributed by atoms with E-state index in [2.05, 4.69) is 26.2 Å². The average molecular weight is 476 g/mol. The third-order valence-corrected chi connectivity index (χ3v) is 4.48. The summed E-state index contributed by atoms with van der Waals surface area (Å²) in [6.45, 7) is 0.346.